The maximum atomic E-state index is 12.1. The van der Waals surface area contributed by atoms with Crippen LogP contribution in [0.3, 0.4) is 0 Å². The number of hydrogen-bond acceptors (Lipinski definition) is 3. The van der Waals surface area contributed by atoms with E-state index in [1.165, 1.54) is 16.2 Å². The van der Waals surface area contributed by atoms with Crippen LogP contribution in [0.1, 0.15) is 15.2 Å². The number of carbonyl (C=O) groups excluding carboxylic acids is 2. The Kier molecular flexibility index (Phi) is 6.62. The van der Waals surface area contributed by atoms with Crippen molar-refractivity contribution in [3.63, 3.8) is 0 Å². The number of amides is 2. The van der Waals surface area contributed by atoms with E-state index in [2.05, 4.69) is 21.2 Å². The molecule has 0 saturated carbocycles. The Balaban J connectivity index is 1.77. The summed E-state index contributed by atoms with van der Waals surface area (Å²) in [5.41, 5.74) is 1.06. The van der Waals surface area contributed by atoms with Gasteiger partial charge in [0.05, 0.1) is 15.2 Å². The van der Waals surface area contributed by atoms with E-state index in [1.807, 2.05) is 30.3 Å². The summed E-state index contributed by atoms with van der Waals surface area (Å²) >= 11 is 10.6. The molecule has 0 atom stereocenters. The summed E-state index contributed by atoms with van der Waals surface area (Å²) in [5.74, 6) is -0.343. The lowest BCUT2D eigenvalue weighted by Gasteiger charge is -2.15. The van der Waals surface area contributed by atoms with Crippen molar-refractivity contribution in [2.45, 2.75) is 6.42 Å². The smallest absolute Gasteiger partial charge is 0.264 e. The van der Waals surface area contributed by atoms with Crippen LogP contribution in [0.5, 0.6) is 0 Å². The molecule has 2 amide bonds. The zero-order valence-corrected chi connectivity index (χ0v) is 15.7. The van der Waals surface area contributed by atoms with Crippen molar-refractivity contribution in [3.05, 3.63) is 55.6 Å². The number of rotatable bonds is 6. The van der Waals surface area contributed by atoms with Crippen LogP contribution < -0.4 is 5.32 Å². The zero-order chi connectivity index (χ0) is 16.8. The van der Waals surface area contributed by atoms with E-state index in [4.69, 9.17) is 11.6 Å². The number of benzene rings is 1. The number of hydrogen-bond donors (Lipinski definition) is 1. The van der Waals surface area contributed by atoms with Gasteiger partial charge in [-0.1, -0.05) is 23.7 Å². The predicted octanol–water partition coefficient (Wildman–Crippen LogP) is 3.59. The van der Waals surface area contributed by atoms with Crippen molar-refractivity contribution in [2.75, 3.05) is 20.1 Å². The summed E-state index contributed by atoms with van der Waals surface area (Å²) in [7, 11) is 1.62. The highest BCUT2D eigenvalue weighted by molar-refractivity contribution is 9.11. The maximum absolute atomic E-state index is 12.1. The van der Waals surface area contributed by atoms with Gasteiger partial charge in [-0.25, -0.2) is 0 Å². The average Bonchev–Trinajstić information content (AvgIpc) is 2.93. The Labute approximate surface area is 152 Å². The molecule has 0 fully saturated rings. The van der Waals surface area contributed by atoms with E-state index in [1.54, 1.807) is 13.1 Å². The lowest BCUT2D eigenvalue weighted by Crippen LogP contribution is -2.38. The molecule has 1 heterocycles. The summed E-state index contributed by atoms with van der Waals surface area (Å²) in [4.78, 5) is 26.1. The summed E-state index contributed by atoms with van der Waals surface area (Å²) < 4.78 is 0.889. The first-order valence-electron chi connectivity index (χ1n) is 6.97. The highest BCUT2D eigenvalue weighted by Gasteiger charge is 2.16. The Hall–Kier alpha value is -1.37. The van der Waals surface area contributed by atoms with E-state index in [0.717, 1.165) is 9.35 Å². The number of nitrogens with one attached hydrogen (secondary N) is 1. The van der Waals surface area contributed by atoms with Crippen LogP contribution in [0.15, 0.2) is 40.2 Å². The van der Waals surface area contributed by atoms with Crippen molar-refractivity contribution in [2.24, 2.45) is 0 Å². The summed E-state index contributed by atoms with van der Waals surface area (Å²) in [6.07, 6.45) is 0.696. The average molecular weight is 416 g/mol. The number of carbonyl (C=O) groups is 2. The Morgan fingerprint density at radius 2 is 2.09 bits per heavy atom. The van der Waals surface area contributed by atoms with Crippen molar-refractivity contribution in [1.82, 2.24) is 10.2 Å². The van der Waals surface area contributed by atoms with Crippen molar-refractivity contribution in [1.29, 1.82) is 0 Å². The zero-order valence-electron chi connectivity index (χ0n) is 12.5. The molecular formula is C16H16BrClN2O2S. The molecule has 23 heavy (non-hydrogen) atoms. The van der Waals surface area contributed by atoms with Gasteiger partial charge < -0.3 is 10.2 Å². The Morgan fingerprint density at radius 3 is 2.74 bits per heavy atom. The topological polar surface area (TPSA) is 49.4 Å². The third-order valence-corrected chi connectivity index (χ3v) is 4.98. The summed E-state index contributed by atoms with van der Waals surface area (Å²) in [6, 6.07) is 11.1. The van der Waals surface area contributed by atoms with Crippen LogP contribution >= 0.6 is 38.9 Å². The van der Waals surface area contributed by atoms with Crippen molar-refractivity contribution < 1.29 is 9.59 Å². The minimum Gasteiger partial charge on any atom is -0.354 e. The van der Waals surface area contributed by atoms with Gasteiger partial charge in [-0.15, -0.1) is 11.3 Å². The maximum Gasteiger partial charge on any atom is 0.264 e. The lowest BCUT2D eigenvalue weighted by molar-refractivity contribution is -0.121. The summed E-state index contributed by atoms with van der Waals surface area (Å²) in [6.45, 7) is 0.537. The number of nitrogens with zero attached hydrogens (tertiary/aromatic N) is 1. The van der Waals surface area contributed by atoms with Crippen LogP contribution in [-0.2, 0) is 11.2 Å². The normalized spacial score (nSPS) is 10.4. The number of likely N-dealkylation sites (N-methyl/N-ethyl adjacent to an activating group) is 1. The molecule has 4 nitrogen and oxygen atoms in total. The first-order valence-corrected chi connectivity index (χ1v) is 8.96. The molecule has 2 aromatic rings. The highest BCUT2D eigenvalue weighted by atomic mass is 79.9. The van der Waals surface area contributed by atoms with Crippen molar-refractivity contribution >= 4 is 50.7 Å². The van der Waals surface area contributed by atoms with Gasteiger partial charge >= 0.3 is 0 Å². The molecule has 1 N–H and O–H groups in total. The van der Waals surface area contributed by atoms with Gasteiger partial charge in [-0.2, -0.15) is 0 Å². The first kappa shape index (κ1) is 18.0. The molecule has 0 unspecified atom stereocenters. The molecule has 0 saturated heterocycles. The largest absolute Gasteiger partial charge is 0.354 e. The van der Waals surface area contributed by atoms with Crippen LogP contribution in [0.4, 0.5) is 0 Å². The lowest BCUT2D eigenvalue weighted by atomic mass is 10.1. The third kappa shape index (κ3) is 5.64. The molecule has 0 aliphatic rings. The fourth-order valence-corrected chi connectivity index (χ4v) is 3.59. The standard InChI is InChI=1S/C16H16BrClN2O2S/c1-20(16(22)13-5-6-14(17)23-13)10-15(21)19-8-7-11-3-2-4-12(18)9-11/h2-6,9H,7-8,10H2,1H3,(H,19,21). The van der Waals surface area contributed by atoms with Gasteiger partial charge in [-0.3, -0.25) is 9.59 Å². The molecule has 0 spiro atoms. The SMILES string of the molecule is CN(CC(=O)NCCc1cccc(Cl)c1)C(=O)c1ccc(Br)s1. The predicted molar refractivity (Wildman–Crippen MR) is 97.1 cm³/mol. The van der Waals surface area contributed by atoms with Gasteiger partial charge in [-0.05, 0) is 52.2 Å². The molecular weight excluding hydrogens is 400 g/mol. The van der Waals surface area contributed by atoms with Gasteiger partial charge in [0.1, 0.15) is 0 Å². The van der Waals surface area contributed by atoms with Crippen LogP contribution in [-0.4, -0.2) is 36.9 Å². The number of halogens is 2. The van der Waals surface area contributed by atoms with E-state index < -0.39 is 0 Å². The van der Waals surface area contributed by atoms with Crippen LogP contribution in [0.2, 0.25) is 5.02 Å². The summed E-state index contributed by atoms with van der Waals surface area (Å²) in [5, 5.41) is 3.49. The molecule has 7 heteroatoms. The third-order valence-electron chi connectivity index (χ3n) is 3.14. The molecule has 2 rings (SSSR count). The minimum absolute atomic E-state index is 0.0316. The molecule has 1 aromatic carbocycles. The molecule has 0 aliphatic carbocycles. The second-order valence-electron chi connectivity index (χ2n) is 4.99. The second kappa shape index (κ2) is 8.47. The monoisotopic (exact) mass is 414 g/mol. The Morgan fingerprint density at radius 1 is 1.30 bits per heavy atom. The van der Waals surface area contributed by atoms with E-state index in [0.29, 0.717) is 22.9 Å². The molecule has 0 bridgehead atoms. The van der Waals surface area contributed by atoms with Gasteiger partial charge in [0.2, 0.25) is 5.91 Å². The Bertz CT molecular complexity index is 705. The van der Waals surface area contributed by atoms with Crippen LogP contribution in [0, 0.1) is 0 Å². The highest BCUT2D eigenvalue weighted by Crippen LogP contribution is 2.22. The molecule has 122 valence electrons. The van der Waals surface area contributed by atoms with E-state index >= 15 is 0 Å². The molecule has 0 radical (unpaired) electrons. The van der Waals surface area contributed by atoms with Crippen LogP contribution in [0.25, 0.3) is 0 Å². The van der Waals surface area contributed by atoms with Gasteiger partial charge in [0.15, 0.2) is 0 Å². The molecule has 0 aliphatic heterocycles. The minimum atomic E-state index is -0.182. The fourth-order valence-electron chi connectivity index (χ4n) is 2.00. The van der Waals surface area contributed by atoms with Crippen molar-refractivity contribution in [3.8, 4) is 0 Å². The fraction of sp³-hybridized carbons (Fsp3) is 0.250. The van der Waals surface area contributed by atoms with Gasteiger partial charge in [0, 0.05) is 18.6 Å². The number of thiophene rings is 1. The van der Waals surface area contributed by atoms with E-state index in [9.17, 15) is 9.59 Å². The quantitative estimate of drug-likeness (QED) is 0.784. The van der Waals surface area contributed by atoms with E-state index in [-0.39, 0.29) is 18.4 Å². The second-order valence-corrected chi connectivity index (χ2v) is 7.89. The first-order chi connectivity index (χ1) is 11.0. The van der Waals surface area contributed by atoms with Gasteiger partial charge in [0.25, 0.3) is 5.91 Å². The molecule has 1 aromatic heterocycles.